The van der Waals surface area contributed by atoms with Gasteiger partial charge in [-0.05, 0) is 59.7 Å². The van der Waals surface area contributed by atoms with Crippen molar-refractivity contribution in [2.75, 3.05) is 16.8 Å². The highest BCUT2D eigenvalue weighted by molar-refractivity contribution is 9.10. The van der Waals surface area contributed by atoms with E-state index in [-0.39, 0.29) is 5.91 Å². The van der Waals surface area contributed by atoms with Gasteiger partial charge in [-0.1, -0.05) is 0 Å². The highest BCUT2D eigenvalue weighted by atomic mass is 79.9. The molecule has 3 aliphatic rings. The molecule has 0 saturated heterocycles. The largest absolute Gasteiger partial charge is 0.367 e. The van der Waals surface area contributed by atoms with Gasteiger partial charge in [-0.25, -0.2) is 0 Å². The normalized spacial score (nSPS) is 24.5. The van der Waals surface area contributed by atoms with Crippen LogP contribution in [0.3, 0.4) is 0 Å². The zero-order valence-electron chi connectivity index (χ0n) is 11.2. The van der Waals surface area contributed by atoms with Gasteiger partial charge in [0.05, 0.1) is 5.69 Å². The minimum absolute atomic E-state index is 0.107. The van der Waals surface area contributed by atoms with E-state index in [9.17, 15) is 4.79 Å². The molecule has 5 heteroatoms. The third-order valence-corrected chi connectivity index (χ3v) is 5.08. The Balaban J connectivity index is 1.70. The number of fused-ring (bicyclic) bond motifs is 1. The Bertz CT molecular complexity index is 581. The lowest BCUT2D eigenvalue weighted by Crippen LogP contribution is -2.28. The monoisotopic (exact) mass is 335 g/mol. The van der Waals surface area contributed by atoms with Gasteiger partial charge in [0.2, 0.25) is 5.91 Å². The number of amides is 1. The zero-order chi connectivity index (χ0) is 13.9. The van der Waals surface area contributed by atoms with E-state index in [4.69, 9.17) is 5.73 Å². The molecule has 0 spiro atoms. The molecular formula is C15H18BrN3O. The van der Waals surface area contributed by atoms with Crippen LogP contribution < -0.4 is 16.0 Å². The summed E-state index contributed by atoms with van der Waals surface area (Å²) in [6.45, 7) is 1.14. The van der Waals surface area contributed by atoms with Crippen LogP contribution in [0.5, 0.6) is 0 Å². The van der Waals surface area contributed by atoms with Crippen LogP contribution in [0.15, 0.2) is 16.6 Å². The van der Waals surface area contributed by atoms with Crippen molar-refractivity contribution in [1.82, 2.24) is 0 Å². The number of carbonyl (C=O) groups excluding carboxylic acids is 1. The molecule has 1 heterocycles. The number of nitrogens with zero attached hydrogens (tertiary/aromatic N) is 1. The molecule has 4 rings (SSSR count). The highest BCUT2D eigenvalue weighted by Gasteiger charge is 2.36. The number of hydrogen-bond acceptors (Lipinski definition) is 3. The molecule has 3 N–H and O–H groups in total. The number of benzene rings is 1. The molecule has 2 fully saturated rings. The molecule has 0 bridgehead atoms. The van der Waals surface area contributed by atoms with Gasteiger partial charge in [0.15, 0.2) is 0 Å². The van der Waals surface area contributed by atoms with Gasteiger partial charge in [0, 0.05) is 28.3 Å². The summed E-state index contributed by atoms with van der Waals surface area (Å²) in [5.74, 6) is 0.747. The first-order valence-electron chi connectivity index (χ1n) is 7.30. The molecular weight excluding hydrogens is 318 g/mol. The summed E-state index contributed by atoms with van der Waals surface area (Å²) in [6, 6.07) is 4.24. The first kappa shape index (κ1) is 12.7. The van der Waals surface area contributed by atoms with Crippen molar-refractivity contribution in [3.05, 3.63) is 22.2 Å². The number of nitrogens with one attached hydrogen (secondary N) is 1. The predicted molar refractivity (Wildman–Crippen MR) is 82.8 cm³/mol. The lowest BCUT2D eigenvalue weighted by molar-refractivity contribution is -0.116. The fourth-order valence-electron chi connectivity index (χ4n) is 2.92. The molecule has 2 aliphatic carbocycles. The molecule has 1 aromatic carbocycles. The topological polar surface area (TPSA) is 58.4 Å². The van der Waals surface area contributed by atoms with Crippen LogP contribution in [0, 0.1) is 5.92 Å². The number of carbonyl (C=O) groups is 1. The summed E-state index contributed by atoms with van der Waals surface area (Å²) < 4.78 is 1.05. The molecule has 20 heavy (non-hydrogen) atoms. The van der Waals surface area contributed by atoms with Gasteiger partial charge in [-0.2, -0.15) is 0 Å². The van der Waals surface area contributed by atoms with Crippen molar-refractivity contribution in [2.45, 2.75) is 37.8 Å². The van der Waals surface area contributed by atoms with Gasteiger partial charge >= 0.3 is 0 Å². The van der Waals surface area contributed by atoms with E-state index < -0.39 is 6.04 Å². The molecule has 1 atom stereocenters. The van der Waals surface area contributed by atoms with Gasteiger partial charge in [-0.3, -0.25) is 4.79 Å². The lowest BCUT2D eigenvalue weighted by atomic mass is 10.1. The molecule has 106 valence electrons. The van der Waals surface area contributed by atoms with E-state index in [1.165, 1.54) is 31.4 Å². The molecule has 1 amide bonds. The number of anilines is 2. The lowest BCUT2D eigenvalue weighted by Gasteiger charge is -2.26. The van der Waals surface area contributed by atoms with Crippen LogP contribution in [0.4, 0.5) is 11.4 Å². The minimum atomic E-state index is -0.534. The van der Waals surface area contributed by atoms with Gasteiger partial charge in [-0.15, -0.1) is 0 Å². The maximum atomic E-state index is 11.7. The van der Waals surface area contributed by atoms with Crippen molar-refractivity contribution in [2.24, 2.45) is 11.7 Å². The Morgan fingerprint density at radius 2 is 2.05 bits per heavy atom. The second-order valence-electron chi connectivity index (χ2n) is 6.18. The van der Waals surface area contributed by atoms with Crippen molar-refractivity contribution in [3.63, 3.8) is 0 Å². The van der Waals surface area contributed by atoms with Crippen LogP contribution in [0.25, 0.3) is 0 Å². The summed E-state index contributed by atoms with van der Waals surface area (Å²) in [5, 5.41) is 2.89. The Kier molecular flexibility index (Phi) is 2.82. The average molecular weight is 336 g/mol. The Morgan fingerprint density at radius 1 is 1.30 bits per heavy atom. The quantitative estimate of drug-likeness (QED) is 0.889. The maximum absolute atomic E-state index is 11.7. The summed E-state index contributed by atoms with van der Waals surface area (Å²) in [7, 11) is 0. The number of halogens is 1. The smallest absolute Gasteiger partial charge is 0.245 e. The SMILES string of the molecule is NC1C(=O)Nc2cc(N(CC3CC3)C3CC3)c(Br)cc21. The van der Waals surface area contributed by atoms with Crippen molar-refractivity contribution < 1.29 is 4.79 Å². The van der Waals surface area contributed by atoms with Crippen molar-refractivity contribution in [3.8, 4) is 0 Å². The molecule has 0 aromatic heterocycles. The van der Waals surface area contributed by atoms with E-state index in [1.54, 1.807) is 0 Å². The number of rotatable bonds is 4. The third kappa shape index (κ3) is 2.13. The summed E-state index contributed by atoms with van der Waals surface area (Å²) in [5.41, 5.74) is 8.88. The molecule has 1 aliphatic heterocycles. The molecule has 1 aromatic rings. The minimum Gasteiger partial charge on any atom is -0.367 e. The summed E-state index contributed by atoms with van der Waals surface area (Å²) >= 11 is 3.67. The third-order valence-electron chi connectivity index (χ3n) is 4.44. The summed E-state index contributed by atoms with van der Waals surface area (Å²) in [4.78, 5) is 14.2. The average Bonchev–Trinajstić information content (AvgIpc) is 3.30. The molecule has 0 radical (unpaired) electrons. The van der Waals surface area contributed by atoms with E-state index in [1.807, 2.05) is 6.07 Å². The zero-order valence-corrected chi connectivity index (χ0v) is 12.8. The van der Waals surface area contributed by atoms with E-state index >= 15 is 0 Å². The van der Waals surface area contributed by atoms with Crippen molar-refractivity contribution in [1.29, 1.82) is 0 Å². The van der Waals surface area contributed by atoms with Crippen molar-refractivity contribution >= 4 is 33.2 Å². The fourth-order valence-corrected chi connectivity index (χ4v) is 3.51. The Morgan fingerprint density at radius 3 is 2.70 bits per heavy atom. The van der Waals surface area contributed by atoms with E-state index in [0.29, 0.717) is 6.04 Å². The number of nitrogens with two attached hydrogens (primary N) is 1. The highest BCUT2D eigenvalue weighted by Crippen LogP contribution is 2.43. The van der Waals surface area contributed by atoms with Gasteiger partial charge < -0.3 is 16.0 Å². The number of hydrogen-bond donors (Lipinski definition) is 2. The molecule has 1 unspecified atom stereocenters. The maximum Gasteiger partial charge on any atom is 0.245 e. The van der Waals surface area contributed by atoms with E-state index in [0.717, 1.165) is 28.2 Å². The second kappa shape index (κ2) is 4.46. The standard InChI is InChI=1S/C15H18BrN3O/c16-11-5-10-12(18-15(20)14(10)17)6-13(11)19(9-3-4-9)7-8-1-2-8/h5-6,8-9,14H,1-4,7,17H2,(H,18,20). The van der Waals surface area contributed by atoms with Crippen LogP contribution in [-0.2, 0) is 4.79 Å². The van der Waals surface area contributed by atoms with Crippen LogP contribution >= 0.6 is 15.9 Å². The van der Waals surface area contributed by atoms with Crippen LogP contribution in [0.1, 0.15) is 37.3 Å². The second-order valence-corrected chi connectivity index (χ2v) is 7.04. The first-order chi connectivity index (χ1) is 9.63. The Hall–Kier alpha value is -1.07. The predicted octanol–water partition coefficient (Wildman–Crippen LogP) is 2.78. The fraction of sp³-hybridized carbons (Fsp3) is 0.533. The first-order valence-corrected chi connectivity index (χ1v) is 8.09. The van der Waals surface area contributed by atoms with Gasteiger partial charge in [0.25, 0.3) is 0 Å². The summed E-state index contributed by atoms with van der Waals surface area (Å²) in [6.07, 6.45) is 5.27. The molecule has 2 saturated carbocycles. The van der Waals surface area contributed by atoms with Gasteiger partial charge in [0.1, 0.15) is 6.04 Å². The Labute approximate surface area is 126 Å². The van der Waals surface area contributed by atoms with Crippen LogP contribution in [-0.4, -0.2) is 18.5 Å². The molecule has 4 nitrogen and oxygen atoms in total. The van der Waals surface area contributed by atoms with E-state index in [2.05, 4.69) is 32.2 Å². The van der Waals surface area contributed by atoms with Crippen LogP contribution in [0.2, 0.25) is 0 Å².